The van der Waals surface area contributed by atoms with Gasteiger partial charge < -0.3 is 10.6 Å². The molecule has 0 aliphatic heterocycles. The van der Waals surface area contributed by atoms with Crippen molar-refractivity contribution < 1.29 is 4.79 Å². The molecule has 92 valence electrons. The monoisotopic (exact) mass is 224 g/mol. The Morgan fingerprint density at radius 1 is 1.31 bits per heavy atom. The zero-order chi connectivity index (χ0) is 11.8. The molecule has 3 nitrogen and oxygen atoms in total. The molecule has 0 radical (unpaired) electrons. The highest BCUT2D eigenvalue weighted by molar-refractivity contribution is 5.77. The molecule has 0 saturated heterocycles. The van der Waals surface area contributed by atoms with Crippen LogP contribution in [0.15, 0.2) is 0 Å². The van der Waals surface area contributed by atoms with Crippen molar-refractivity contribution in [1.82, 2.24) is 10.6 Å². The summed E-state index contributed by atoms with van der Waals surface area (Å²) in [6.07, 6.45) is 5.50. The first kappa shape index (κ1) is 11.9. The summed E-state index contributed by atoms with van der Waals surface area (Å²) in [7, 11) is 1.69. The molecule has 0 bridgehead atoms. The van der Waals surface area contributed by atoms with Crippen LogP contribution in [0.25, 0.3) is 0 Å². The summed E-state index contributed by atoms with van der Waals surface area (Å²) in [4.78, 5) is 11.3. The molecule has 0 aromatic rings. The number of carbonyl (C=O) groups is 1. The molecule has 0 aromatic heterocycles. The van der Waals surface area contributed by atoms with Crippen LogP contribution >= 0.6 is 0 Å². The smallest absolute Gasteiger partial charge is 0.233 e. The van der Waals surface area contributed by atoms with Gasteiger partial charge in [0.2, 0.25) is 5.91 Å². The van der Waals surface area contributed by atoms with Crippen LogP contribution in [0, 0.1) is 17.3 Å². The summed E-state index contributed by atoms with van der Waals surface area (Å²) in [5, 5.41) is 6.11. The SMILES string of the molecule is CNC(=O)CNC1[C@@H]2CCCC[C@@H]2C1(C)C. The molecule has 2 aliphatic rings. The van der Waals surface area contributed by atoms with Gasteiger partial charge in [0, 0.05) is 13.1 Å². The molecule has 2 saturated carbocycles. The molecule has 3 atom stereocenters. The molecule has 0 aromatic carbocycles. The summed E-state index contributed by atoms with van der Waals surface area (Å²) in [6.45, 7) is 5.16. The van der Waals surface area contributed by atoms with E-state index < -0.39 is 0 Å². The van der Waals surface area contributed by atoms with Crippen LogP contribution in [0.2, 0.25) is 0 Å². The van der Waals surface area contributed by atoms with Crippen molar-refractivity contribution in [3.05, 3.63) is 0 Å². The summed E-state index contributed by atoms with van der Waals surface area (Å²) in [6, 6.07) is 0.537. The van der Waals surface area contributed by atoms with Crippen molar-refractivity contribution in [3.63, 3.8) is 0 Å². The van der Waals surface area contributed by atoms with Gasteiger partial charge in [-0.2, -0.15) is 0 Å². The van der Waals surface area contributed by atoms with E-state index in [-0.39, 0.29) is 5.91 Å². The van der Waals surface area contributed by atoms with Crippen molar-refractivity contribution in [2.75, 3.05) is 13.6 Å². The Morgan fingerprint density at radius 3 is 2.69 bits per heavy atom. The van der Waals surface area contributed by atoms with E-state index in [1.807, 2.05) is 0 Å². The van der Waals surface area contributed by atoms with Crippen LogP contribution in [0.5, 0.6) is 0 Å². The number of rotatable bonds is 3. The molecule has 1 unspecified atom stereocenters. The van der Waals surface area contributed by atoms with Crippen molar-refractivity contribution >= 4 is 5.91 Å². The molecule has 1 amide bonds. The highest BCUT2D eigenvalue weighted by atomic mass is 16.1. The molecule has 0 heterocycles. The van der Waals surface area contributed by atoms with Crippen LogP contribution in [-0.4, -0.2) is 25.5 Å². The lowest BCUT2D eigenvalue weighted by Crippen LogP contribution is -2.65. The lowest BCUT2D eigenvalue weighted by molar-refractivity contribution is -0.123. The van der Waals surface area contributed by atoms with Gasteiger partial charge in [-0.3, -0.25) is 4.79 Å². The molecule has 2 N–H and O–H groups in total. The number of hydrogen-bond donors (Lipinski definition) is 2. The van der Waals surface area contributed by atoms with Gasteiger partial charge in [-0.05, 0) is 30.1 Å². The molecule has 2 rings (SSSR count). The van der Waals surface area contributed by atoms with E-state index in [4.69, 9.17) is 0 Å². The number of amides is 1. The minimum Gasteiger partial charge on any atom is -0.358 e. The minimum absolute atomic E-state index is 0.0926. The molecular weight excluding hydrogens is 200 g/mol. The van der Waals surface area contributed by atoms with E-state index in [0.29, 0.717) is 18.0 Å². The summed E-state index contributed by atoms with van der Waals surface area (Å²) < 4.78 is 0. The Morgan fingerprint density at radius 2 is 2.00 bits per heavy atom. The maximum absolute atomic E-state index is 11.3. The zero-order valence-corrected chi connectivity index (χ0v) is 10.7. The quantitative estimate of drug-likeness (QED) is 0.763. The van der Waals surface area contributed by atoms with Gasteiger partial charge in [0.1, 0.15) is 0 Å². The molecule has 3 heteroatoms. The number of fused-ring (bicyclic) bond motifs is 1. The Bertz CT molecular complexity index is 275. The third-order valence-electron chi connectivity index (χ3n) is 4.77. The van der Waals surface area contributed by atoms with E-state index in [0.717, 1.165) is 11.8 Å². The van der Waals surface area contributed by atoms with Crippen molar-refractivity contribution in [1.29, 1.82) is 0 Å². The Labute approximate surface area is 98.4 Å². The fraction of sp³-hybridized carbons (Fsp3) is 0.923. The zero-order valence-electron chi connectivity index (χ0n) is 10.7. The largest absolute Gasteiger partial charge is 0.358 e. The van der Waals surface area contributed by atoms with E-state index in [9.17, 15) is 4.79 Å². The normalized spacial score (nSPS) is 36.1. The second-order valence-corrected chi connectivity index (χ2v) is 5.91. The summed E-state index contributed by atoms with van der Waals surface area (Å²) >= 11 is 0. The van der Waals surface area contributed by atoms with E-state index >= 15 is 0 Å². The van der Waals surface area contributed by atoms with Gasteiger partial charge in [-0.1, -0.05) is 26.7 Å². The van der Waals surface area contributed by atoms with E-state index in [2.05, 4.69) is 24.5 Å². The minimum atomic E-state index is 0.0926. The lowest BCUT2D eigenvalue weighted by Gasteiger charge is -2.61. The summed E-state index contributed by atoms with van der Waals surface area (Å²) in [5.41, 5.74) is 0.374. The van der Waals surface area contributed by atoms with Crippen LogP contribution in [0.3, 0.4) is 0 Å². The fourth-order valence-corrected chi connectivity index (χ4v) is 3.85. The number of likely N-dealkylation sites (N-methyl/N-ethyl adjacent to an activating group) is 1. The second kappa shape index (κ2) is 4.36. The van der Waals surface area contributed by atoms with Gasteiger partial charge in [0.15, 0.2) is 0 Å². The lowest BCUT2D eigenvalue weighted by atomic mass is 9.48. The predicted octanol–water partition coefficient (Wildman–Crippen LogP) is 1.54. The van der Waals surface area contributed by atoms with Crippen LogP contribution in [0.4, 0.5) is 0 Å². The van der Waals surface area contributed by atoms with E-state index in [1.54, 1.807) is 7.05 Å². The van der Waals surface area contributed by atoms with E-state index in [1.165, 1.54) is 25.7 Å². The summed E-state index contributed by atoms with van der Waals surface area (Å²) in [5.74, 6) is 1.78. The maximum atomic E-state index is 11.3. The van der Waals surface area contributed by atoms with Crippen LogP contribution in [-0.2, 0) is 4.79 Å². The number of carbonyl (C=O) groups excluding carboxylic acids is 1. The number of hydrogen-bond acceptors (Lipinski definition) is 2. The average Bonchev–Trinajstić information content (AvgIpc) is 2.28. The standard InChI is InChI=1S/C13H24N2O/c1-13(2)10-7-5-4-6-9(10)12(13)15-8-11(16)14-3/h9-10,12,15H,4-8H2,1-3H3,(H,14,16)/t9-,10+,12?/m1/s1. The highest BCUT2D eigenvalue weighted by Gasteiger charge is 2.55. The molecular formula is C13H24N2O. The topological polar surface area (TPSA) is 41.1 Å². The van der Waals surface area contributed by atoms with Gasteiger partial charge in [-0.15, -0.1) is 0 Å². The van der Waals surface area contributed by atoms with Crippen molar-refractivity contribution in [2.45, 2.75) is 45.6 Å². The third kappa shape index (κ3) is 1.86. The molecule has 2 fully saturated rings. The van der Waals surface area contributed by atoms with Crippen LogP contribution in [0.1, 0.15) is 39.5 Å². The van der Waals surface area contributed by atoms with Gasteiger partial charge in [0.05, 0.1) is 6.54 Å². The molecule has 16 heavy (non-hydrogen) atoms. The van der Waals surface area contributed by atoms with Gasteiger partial charge in [-0.25, -0.2) is 0 Å². The Kier molecular flexibility index (Phi) is 3.24. The average molecular weight is 224 g/mol. The Hall–Kier alpha value is -0.570. The molecule has 2 aliphatic carbocycles. The fourth-order valence-electron chi connectivity index (χ4n) is 3.85. The maximum Gasteiger partial charge on any atom is 0.233 e. The first-order valence-corrected chi connectivity index (χ1v) is 6.51. The highest BCUT2D eigenvalue weighted by Crippen LogP contribution is 2.56. The molecule has 0 spiro atoms. The first-order chi connectivity index (χ1) is 7.57. The van der Waals surface area contributed by atoms with Crippen molar-refractivity contribution in [3.8, 4) is 0 Å². The number of nitrogens with one attached hydrogen (secondary N) is 2. The van der Waals surface area contributed by atoms with Crippen LogP contribution < -0.4 is 10.6 Å². The van der Waals surface area contributed by atoms with Gasteiger partial charge in [0.25, 0.3) is 0 Å². The second-order valence-electron chi connectivity index (χ2n) is 5.91. The Balaban J connectivity index is 1.91. The van der Waals surface area contributed by atoms with Crippen molar-refractivity contribution in [2.24, 2.45) is 17.3 Å². The first-order valence-electron chi connectivity index (χ1n) is 6.51. The predicted molar refractivity (Wildman–Crippen MR) is 65.1 cm³/mol. The van der Waals surface area contributed by atoms with Gasteiger partial charge >= 0.3 is 0 Å². The third-order valence-corrected chi connectivity index (χ3v) is 4.77.